The predicted octanol–water partition coefficient (Wildman–Crippen LogP) is -0.735. The summed E-state index contributed by atoms with van der Waals surface area (Å²) in [7, 11) is 1.77. The average Bonchev–Trinajstić information content (AvgIpc) is 3.32. The summed E-state index contributed by atoms with van der Waals surface area (Å²) in [5.74, 6) is -0.0119. The molecule has 2 fully saturated rings. The SMILES string of the molecule is CN1CC(=O)N(c2cnn(C)c2)CC12CCN(S(=O)(=O)c1cn(C)cn1)C2. The Kier molecular flexibility index (Phi) is 4.13. The van der Waals surface area contributed by atoms with E-state index in [0.29, 0.717) is 26.1 Å². The predicted molar refractivity (Wildman–Crippen MR) is 97.5 cm³/mol. The van der Waals surface area contributed by atoms with Crippen LogP contribution in [0.15, 0.2) is 29.9 Å². The number of nitrogens with zero attached hydrogens (tertiary/aromatic N) is 7. The Balaban J connectivity index is 1.60. The molecule has 2 aliphatic rings. The third-order valence-electron chi connectivity index (χ3n) is 5.52. The minimum absolute atomic E-state index is 0.0119. The summed E-state index contributed by atoms with van der Waals surface area (Å²) in [5.41, 5.74) is 0.312. The van der Waals surface area contributed by atoms with Crippen molar-refractivity contribution in [2.45, 2.75) is 17.0 Å². The van der Waals surface area contributed by atoms with Crippen LogP contribution in [0.3, 0.4) is 0 Å². The van der Waals surface area contributed by atoms with Crippen LogP contribution >= 0.6 is 0 Å². The van der Waals surface area contributed by atoms with E-state index in [1.165, 1.54) is 16.8 Å². The Morgan fingerprint density at radius 3 is 2.56 bits per heavy atom. The highest BCUT2D eigenvalue weighted by atomic mass is 32.2. The largest absolute Gasteiger partial charge is 0.339 e. The highest BCUT2D eigenvalue weighted by Crippen LogP contribution is 2.35. The van der Waals surface area contributed by atoms with Gasteiger partial charge in [-0.2, -0.15) is 9.40 Å². The lowest BCUT2D eigenvalue weighted by atomic mass is 9.93. The number of hydrogen-bond acceptors (Lipinski definition) is 6. The van der Waals surface area contributed by atoms with Crippen LogP contribution in [0, 0.1) is 0 Å². The molecule has 0 N–H and O–H groups in total. The van der Waals surface area contributed by atoms with E-state index in [4.69, 9.17) is 0 Å². The first-order chi connectivity index (χ1) is 12.7. The van der Waals surface area contributed by atoms with Gasteiger partial charge >= 0.3 is 0 Å². The summed E-state index contributed by atoms with van der Waals surface area (Å²) >= 11 is 0. The molecule has 10 nitrogen and oxygen atoms in total. The number of aryl methyl sites for hydroxylation is 2. The van der Waals surface area contributed by atoms with Gasteiger partial charge in [-0.3, -0.25) is 14.4 Å². The van der Waals surface area contributed by atoms with Crippen LogP contribution in [0.1, 0.15) is 6.42 Å². The molecule has 1 amide bonds. The maximum atomic E-state index is 12.9. The molecule has 0 aromatic carbocycles. The molecule has 0 aliphatic carbocycles. The third kappa shape index (κ3) is 2.95. The number of imidazole rings is 1. The van der Waals surface area contributed by atoms with Gasteiger partial charge in [-0.25, -0.2) is 13.4 Å². The van der Waals surface area contributed by atoms with Crippen molar-refractivity contribution in [3.63, 3.8) is 0 Å². The summed E-state index contributed by atoms with van der Waals surface area (Å²) in [4.78, 5) is 20.3. The molecule has 11 heteroatoms. The van der Waals surface area contributed by atoms with Crippen molar-refractivity contribution in [3.8, 4) is 0 Å². The molecule has 0 saturated carbocycles. The molecule has 27 heavy (non-hydrogen) atoms. The number of hydrogen-bond donors (Lipinski definition) is 0. The fourth-order valence-corrected chi connectivity index (χ4v) is 5.35. The maximum Gasteiger partial charge on any atom is 0.262 e. The summed E-state index contributed by atoms with van der Waals surface area (Å²) < 4.78 is 30.6. The van der Waals surface area contributed by atoms with Crippen molar-refractivity contribution >= 4 is 21.6 Å². The molecule has 4 heterocycles. The summed E-state index contributed by atoms with van der Waals surface area (Å²) in [5, 5.41) is 4.21. The van der Waals surface area contributed by atoms with Gasteiger partial charge < -0.3 is 9.47 Å². The van der Waals surface area contributed by atoms with Crippen LogP contribution in [-0.2, 0) is 28.9 Å². The standard InChI is InChI=1S/C16H23N7O3S/c1-19-8-14(17-12-19)27(25,26)22-5-4-16(10-22)11-23(15(24)9-20(16)2)13-6-18-21(3)7-13/h6-8,12H,4-5,9-11H2,1-3H3. The van der Waals surface area contributed by atoms with E-state index in [1.807, 2.05) is 11.9 Å². The van der Waals surface area contributed by atoms with Crippen molar-refractivity contribution in [1.82, 2.24) is 28.5 Å². The lowest BCUT2D eigenvalue weighted by Crippen LogP contribution is -2.64. The highest BCUT2D eigenvalue weighted by Gasteiger charge is 2.50. The Bertz CT molecular complexity index is 982. The molecule has 1 spiro atoms. The zero-order valence-corrected chi connectivity index (χ0v) is 16.4. The Morgan fingerprint density at radius 2 is 1.93 bits per heavy atom. The molecule has 2 aliphatic heterocycles. The van der Waals surface area contributed by atoms with Crippen LogP contribution in [0.4, 0.5) is 5.69 Å². The molecule has 0 radical (unpaired) electrons. The summed E-state index contributed by atoms with van der Waals surface area (Å²) in [6.45, 7) is 1.40. The average molecular weight is 393 g/mol. The van der Waals surface area contributed by atoms with Gasteiger partial charge in [0.2, 0.25) is 5.91 Å². The van der Waals surface area contributed by atoms with Gasteiger partial charge in [0.05, 0.1) is 30.3 Å². The first-order valence-corrected chi connectivity index (χ1v) is 10.1. The molecular formula is C16H23N7O3S. The maximum absolute atomic E-state index is 12.9. The number of sulfonamides is 1. The molecular weight excluding hydrogens is 370 g/mol. The van der Waals surface area contributed by atoms with Gasteiger partial charge in [0.1, 0.15) is 0 Å². The van der Waals surface area contributed by atoms with E-state index >= 15 is 0 Å². The third-order valence-corrected chi connectivity index (χ3v) is 7.25. The van der Waals surface area contributed by atoms with Gasteiger partial charge in [-0.1, -0.05) is 0 Å². The zero-order chi connectivity index (χ0) is 19.4. The normalized spacial score (nSPS) is 25.0. The smallest absolute Gasteiger partial charge is 0.262 e. The number of carbonyl (C=O) groups is 1. The number of piperazine rings is 1. The second kappa shape index (κ2) is 6.14. The second-order valence-corrected chi connectivity index (χ2v) is 9.28. The quantitative estimate of drug-likeness (QED) is 0.682. The van der Waals surface area contributed by atoms with E-state index < -0.39 is 15.6 Å². The molecule has 1 atom stereocenters. The van der Waals surface area contributed by atoms with Crippen LogP contribution in [0.2, 0.25) is 0 Å². The van der Waals surface area contributed by atoms with Crippen molar-refractivity contribution in [3.05, 3.63) is 24.9 Å². The van der Waals surface area contributed by atoms with Crippen LogP contribution in [0.5, 0.6) is 0 Å². The molecule has 1 unspecified atom stereocenters. The molecule has 2 aromatic rings. The minimum Gasteiger partial charge on any atom is -0.339 e. The number of aromatic nitrogens is 4. The number of carbonyl (C=O) groups excluding carboxylic acids is 1. The molecule has 4 rings (SSSR count). The number of likely N-dealkylation sites (N-methyl/N-ethyl adjacent to an activating group) is 1. The number of amides is 1. The van der Waals surface area contributed by atoms with Crippen molar-refractivity contribution in [2.24, 2.45) is 14.1 Å². The fraction of sp³-hybridized carbons (Fsp3) is 0.562. The lowest BCUT2D eigenvalue weighted by molar-refractivity contribution is -0.123. The minimum atomic E-state index is -3.65. The molecule has 0 bridgehead atoms. The highest BCUT2D eigenvalue weighted by molar-refractivity contribution is 7.89. The first kappa shape index (κ1) is 18.1. The Morgan fingerprint density at radius 1 is 1.15 bits per heavy atom. The van der Waals surface area contributed by atoms with Crippen molar-refractivity contribution < 1.29 is 13.2 Å². The Labute approximate surface area is 158 Å². The van der Waals surface area contributed by atoms with E-state index in [9.17, 15) is 13.2 Å². The first-order valence-electron chi connectivity index (χ1n) is 8.70. The summed E-state index contributed by atoms with van der Waals surface area (Å²) in [6.07, 6.45) is 7.10. The monoisotopic (exact) mass is 393 g/mol. The molecule has 2 saturated heterocycles. The van der Waals surface area contributed by atoms with Gasteiger partial charge in [0, 0.05) is 46.1 Å². The van der Waals surface area contributed by atoms with Crippen molar-refractivity contribution in [2.75, 3.05) is 38.1 Å². The van der Waals surface area contributed by atoms with E-state index in [-0.39, 0.29) is 17.5 Å². The summed E-state index contributed by atoms with van der Waals surface area (Å²) in [6, 6.07) is 0. The van der Waals surface area contributed by atoms with E-state index in [1.54, 1.807) is 40.6 Å². The second-order valence-electron chi connectivity index (χ2n) is 7.40. The topological polar surface area (TPSA) is 96.6 Å². The lowest BCUT2D eigenvalue weighted by Gasteiger charge is -2.46. The van der Waals surface area contributed by atoms with E-state index in [2.05, 4.69) is 10.1 Å². The number of anilines is 1. The van der Waals surface area contributed by atoms with Crippen LogP contribution in [-0.4, -0.2) is 81.6 Å². The zero-order valence-electron chi connectivity index (χ0n) is 15.6. The van der Waals surface area contributed by atoms with Gasteiger partial charge in [0.15, 0.2) is 5.03 Å². The van der Waals surface area contributed by atoms with Crippen molar-refractivity contribution in [1.29, 1.82) is 0 Å². The van der Waals surface area contributed by atoms with Gasteiger partial charge in [0.25, 0.3) is 10.0 Å². The Hall–Kier alpha value is -2.24. The molecule has 2 aromatic heterocycles. The van der Waals surface area contributed by atoms with Crippen LogP contribution in [0.25, 0.3) is 0 Å². The molecule has 146 valence electrons. The van der Waals surface area contributed by atoms with Gasteiger partial charge in [-0.05, 0) is 13.5 Å². The van der Waals surface area contributed by atoms with E-state index in [0.717, 1.165) is 5.69 Å². The van der Waals surface area contributed by atoms with Crippen LogP contribution < -0.4 is 4.90 Å². The number of rotatable bonds is 3. The van der Waals surface area contributed by atoms with Gasteiger partial charge in [-0.15, -0.1) is 0 Å². The fourth-order valence-electron chi connectivity index (χ4n) is 3.86.